The van der Waals surface area contributed by atoms with E-state index in [4.69, 9.17) is 5.73 Å². The monoisotopic (exact) mass is 282 g/mol. The summed E-state index contributed by atoms with van der Waals surface area (Å²) in [6.07, 6.45) is 3.81. The van der Waals surface area contributed by atoms with Gasteiger partial charge in [-0.1, -0.05) is 6.42 Å². The summed E-state index contributed by atoms with van der Waals surface area (Å²) in [6, 6.07) is 6.16. The molecule has 1 aromatic rings. The molecule has 1 aliphatic carbocycles. The number of nitrogens with one attached hydrogen (secondary N) is 1. The molecule has 0 saturated heterocycles. The zero-order chi connectivity index (χ0) is 14.1. The molecule has 3 N–H and O–H groups in total. The third-order valence-electron chi connectivity index (χ3n) is 3.72. The van der Waals surface area contributed by atoms with Crippen molar-refractivity contribution in [1.29, 1.82) is 0 Å². The van der Waals surface area contributed by atoms with E-state index in [2.05, 4.69) is 5.32 Å². The number of hydrogen-bond acceptors (Lipinski definition) is 4. The number of anilines is 1. The van der Waals surface area contributed by atoms with Gasteiger partial charge < -0.3 is 11.1 Å². The molecule has 0 spiro atoms. The van der Waals surface area contributed by atoms with Crippen molar-refractivity contribution in [2.75, 3.05) is 18.1 Å². The highest BCUT2D eigenvalue weighted by Crippen LogP contribution is 2.40. The van der Waals surface area contributed by atoms with E-state index in [1.54, 1.807) is 12.1 Å². The maximum Gasteiger partial charge on any atom is 0.231 e. The second-order valence-electron chi connectivity index (χ2n) is 5.09. The molecule has 0 heterocycles. The minimum Gasteiger partial charge on any atom is -0.329 e. The first-order chi connectivity index (χ1) is 8.87. The number of hydrogen-bond donors (Lipinski definition) is 2. The van der Waals surface area contributed by atoms with Gasteiger partial charge in [-0.3, -0.25) is 4.79 Å². The van der Waals surface area contributed by atoms with Crippen molar-refractivity contribution >= 4 is 21.4 Å². The van der Waals surface area contributed by atoms with Crippen LogP contribution < -0.4 is 11.1 Å². The molecule has 104 valence electrons. The average Bonchev–Trinajstić information content (AvgIpc) is 2.27. The number of carbonyl (C=O) groups excluding carboxylic acids is 1. The van der Waals surface area contributed by atoms with Crippen molar-refractivity contribution in [3.8, 4) is 0 Å². The molecule has 0 radical (unpaired) electrons. The standard InChI is InChI=1S/C13H18N2O3S/c1-19(17,18)11-5-3-10(4-6-11)15-12(16)13(9-14)7-2-8-13/h3-6H,2,7-9,14H2,1H3,(H,15,16). The zero-order valence-electron chi connectivity index (χ0n) is 10.8. The van der Waals surface area contributed by atoms with Gasteiger partial charge in [0.15, 0.2) is 9.84 Å². The van der Waals surface area contributed by atoms with Crippen molar-refractivity contribution in [2.45, 2.75) is 24.2 Å². The summed E-state index contributed by atoms with van der Waals surface area (Å²) in [5.41, 5.74) is 5.82. The Kier molecular flexibility index (Phi) is 3.64. The van der Waals surface area contributed by atoms with E-state index in [1.165, 1.54) is 12.1 Å². The number of rotatable bonds is 4. The van der Waals surface area contributed by atoms with Gasteiger partial charge in [0.2, 0.25) is 5.91 Å². The molecule has 1 amide bonds. The molecule has 0 aliphatic heterocycles. The lowest BCUT2D eigenvalue weighted by Crippen LogP contribution is -2.47. The van der Waals surface area contributed by atoms with Crippen LogP contribution in [0.1, 0.15) is 19.3 Å². The smallest absolute Gasteiger partial charge is 0.231 e. The molecule has 0 bridgehead atoms. The van der Waals surface area contributed by atoms with Crippen LogP contribution in [0.3, 0.4) is 0 Å². The van der Waals surface area contributed by atoms with Gasteiger partial charge in [0, 0.05) is 18.5 Å². The number of amides is 1. The molecule has 0 aromatic heterocycles. The summed E-state index contributed by atoms with van der Waals surface area (Å²) in [7, 11) is -3.21. The predicted octanol–water partition coefficient (Wildman–Crippen LogP) is 1.16. The van der Waals surface area contributed by atoms with E-state index in [-0.39, 0.29) is 10.8 Å². The van der Waals surface area contributed by atoms with Gasteiger partial charge in [-0.25, -0.2) is 8.42 Å². The molecular formula is C13H18N2O3S. The first kappa shape index (κ1) is 14.0. The highest BCUT2D eigenvalue weighted by molar-refractivity contribution is 7.90. The van der Waals surface area contributed by atoms with Crippen LogP contribution in [0.5, 0.6) is 0 Å². The second kappa shape index (κ2) is 4.94. The maximum atomic E-state index is 12.1. The Bertz CT molecular complexity index is 569. The van der Waals surface area contributed by atoms with Crippen LogP contribution in [0.4, 0.5) is 5.69 Å². The summed E-state index contributed by atoms with van der Waals surface area (Å²) in [6.45, 7) is 0.347. The number of benzene rings is 1. The summed E-state index contributed by atoms with van der Waals surface area (Å²) in [4.78, 5) is 12.4. The van der Waals surface area contributed by atoms with Crippen molar-refractivity contribution in [1.82, 2.24) is 0 Å². The minimum atomic E-state index is -3.21. The molecule has 5 nitrogen and oxygen atoms in total. The van der Waals surface area contributed by atoms with Crippen LogP contribution in [-0.4, -0.2) is 27.1 Å². The summed E-state index contributed by atoms with van der Waals surface area (Å²) in [5, 5.41) is 2.80. The van der Waals surface area contributed by atoms with Crippen LogP contribution in [0.2, 0.25) is 0 Å². The molecule has 1 aromatic carbocycles. The minimum absolute atomic E-state index is 0.0756. The normalized spacial score (nSPS) is 17.6. The van der Waals surface area contributed by atoms with Crippen molar-refractivity contribution < 1.29 is 13.2 Å². The Balaban J connectivity index is 2.10. The predicted molar refractivity (Wildman–Crippen MR) is 73.5 cm³/mol. The van der Waals surface area contributed by atoms with Crippen molar-refractivity contribution in [2.24, 2.45) is 11.1 Å². The molecule has 1 fully saturated rings. The molecule has 6 heteroatoms. The Hall–Kier alpha value is -1.40. The third kappa shape index (κ3) is 2.79. The topological polar surface area (TPSA) is 89.3 Å². The second-order valence-corrected chi connectivity index (χ2v) is 7.10. The summed E-state index contributed by atoms with van der Waals surface area (Å²) >= 11 is 0. The number of sulfone groups is 1. The molecule has 2 rings (SSSR count). The van der Waals surface area contributed by atoms with Crippen LogP contribution in [0, 0.1) is 5.41 Å². The van der Waals surface area contributed by atoms with Gasteiger partial charge in [0.1, 0.15) is 0 Å². The van der Waals surface area contributed by atoms with E-state index in [9.17, 15) is 13.2 Å². The Morgan fingerprint density at radius 3 is 2.26 bits per heavy atom. The quantitative estimate of drug-likeness (QED) is 0.867. The number of nitrogens with two attached hydrogens (primary N) is 1. The lowest BCUT2D eigenvalue weighted by Gasteiger charge is -2.39. The van der Waals surface area contributed by atoms with Crippen LogP contribution in [0.25, 0.3) is 0 Å². The zero-order valence-corrected chi connectivity index (χ0v) is 11.7. The highest BCUT2D eigenvalue weighted by atomic mass is 32.2. The third-order valence-corrected chi connectivity index (χ3v) is 4.85. The largest absolute Gasteiger partial charge is 0.329 e. The molecule has 19 heavy (non-hydrogen) atoms. The van der Waals surface area contributed by atoms with E-state index < -0.39 is 15.3 Å². The SMILES string of the molecule is CS(=O)(=O)c1ccc(NC(=O)C2(CN)CCC2)cc1. The van der Waals surface area contributed by atoms with E-state index in [0.29, 0.717) is 12.2 Å². The average molecular weight is 282 g/mol. The first-order valence-electron chi connectivity index (χ1n) is 6.19. The van der Waals surface area contributed by atoms with Gasteiger partial charge in [-0.05, 0) is 37.1 Å². The van der Waals surface area contributed by atoms with Gasteiger partial charge >= 0.3 is 0 Å². The van der Waals surface area contributed by atoms with Crippen LogP contribution >= 0.6 is 0 Å². The Morgan fingerprint density at radius 1 is 1.32 bits per heavy atom. The highest BCUT2D eigenvalue weighted by Gasteiger charge is 2.42. The van der Waals surface area contributed by atoms with Gasteiger partial charge in [-0.15, -0.1) is 0 Å². The summed E-state index contributed by atoms with van der Waals surface area (Å²) in [5.74, 6) is -0.0756. The fourth-order valence-electron chi connectivity index (χ4n) is 2.18. The first-order valence-corrected chi connectivity index (χ1v) is 8.08. The lowest BCUT2D eigenvalue weighted by atomic mass is 9.68. The number of carbonyl (C=O) groups is 1. The Labute approximate surface area is 113 Å². The van der Waals surface area contributed by atoms with Gasteiger partial charge in [-0.2, -0.15) is 0 Å². The van der Waals surface area contributed by atoms with Crippen LogP contribution in [0.15, 0.2) is 29.2 Å². The molecule has 1 saturated carbocycles. The Morgan fingerprint density at radius 2 is 1.89 bits per heavy atom. The van der Waals surface area contributed by atoms with Crippen molar-refractivity contribution in [3.05, 3.63) is 24.3 Å². The van der Waals surface area contributed by atoms with E-state index in [0.717, 1.165) is 25.5 Å². The van der Waals surface area contributed by atoms with E-state index in [1.807, 2.05) is 0 Å². The fraction of sp³-hybridized carbons (Fsp3) is 0.462. The van der Waals surface area contributed by atoms with E-state index >= 15 is 0 Å². The molecule has 1 aliphatic rings. The molecule has 0 unspecified atom stereocenters. The fourth-order valence-corrected chi connectivity index (χ4v) is 2.81. The summed E-state index contributed by atoms with van der Waals surface area (Å²) < 4.78 is 22.6. The molecule has 0 atom stereocenters. The van der Waals surface area contributed by atoms with Gasteiger partial charge in [0.25, 0.3) is 0 Å². The lowest BCUT2D eigenvalue weighted by molar-refractivity contribution is -0.129. The van der Waals surface area contributed by atoms with Gasteiger partial charge in [0.05, 0.1) is 10.3 Å². The van der Waals surface area contributed by atoms with Crippen LogP contribution in [-0.2, 0) is 14.6 Å². The van der Waals surface area contributed by atoms with Crippen molar-refractivity contribution in [3.63, 3.8) is 0 Å². The maximum absolute atomic E-state index is 12.1. The molecular weight excluding hydrogens is 264 g/mol.